The van der Waals surface area contributed by atoms with E-state index in [2.05, 4.69) is 25.6 Å². The first-order valence-corrected chi connectivity index (χ1v) is 8.87. The van der Waals surface area contributed by atoms with Crippen molar-refractivity contribution in [2.75, 3.05) is 31.6 Å². The molecule has 1 aromatic heterocycles. The second kappa shape index (κ2) is 8.22. The fourth-order valence-electron chi connectivity index (χ4n) is 3.02. The third kappa shape index (κ3) is 4.11. The molecule has 0 saturated heterocycles. The standard InChI is InChI=1S/C19H23FN6O/c1-12-17(25-13(2)19(27)22-8-7-21-3)18(24-11-23-12)26-9-6-14-10-15(20)4-5-16(14)26/h4-5,10-11,21H,6-9H2,1-3H3,(H,22,27). The Morgan fingerprint density at radius 3 is 2.93 bits per heavy atom. The number of nitrogens with zero attached hydrogens (tertiary/aromatic N) is 4. The van der Waals surface area contributed by atoms with Crippen molar-refractivity contribution in [3.05, 3.63) is 41.6 Å². The molecule has 2 aromatic rings. The third-order valence-electron chi connectivity index (χ3n) is 4.45. The number of anilines is 2. The van der Waals surface area contributed by atoms with Crippen LogP contribution in [0, 0.1) is 12.7 Å². The van der Waals surface area contributed by atoms with Gasteiger partial charge in [-0.2, -0.15) is 0 Å². The van der Waals surface area contributed by atoms with Crippen LogP contribution in [0.5, 0.6) is 0 Å². The summed E-state index contributed by atoms with van der Waals surface area (Å²) in [5.41, 5.74) is 3.41. The lowest BCUT2D eigenvalue weighted by Crippen LogP contribution is -2.34. The highest BCUT2D eigenvalue weighted by atomic mass is 19.1. The Hall–Kier alpha value is -2.87. The van der Waals surface area contributed by atoms with Gasteiger partial charge in [0.25, 0.3) is 5.91 Å². The lowest BCUT2D eigenvalue weighted by atomic mass is 10.1. The van der Waals surface area contributed by atoms with Crippen molar-refractivity contribution in [3.63, 3.8) is 0 Å². The molecule has 0 atom stereocenters. The molecule has 142 valence electrons. The average molecular weight is 370 g/mol. The molecule has 8 heteroatoms. The van der Waals surface area contributed by atoms with Crippen LogP contribution < -0.4 is 15.5 Å². The smallest absolute Gasteiger partial charge is 0.265 e. The zero-order valence-corrected chi connectivity index (χ0v) is 15.7. The number of aryl methyl sites for hydroxylation is 1. The summed E-state index contributed by atoms with van der Waals surface area (Å²) in [6.45, 7) is 5.37. The zero-order chi connectivity index (χ0) is 19.4. The number of benzene rings is 1. The lowest BCUT2D eigenvalue weighted by Gasteiger charge is -2.20. The number of rotatable bonds is 6. The number of aromatic nitrogens is 2. The molecule has 0 radical (unpaired) electrons. The second-order valence-electron chi connectivity index (χ2n) is 6.36. The van der Waals surface area contributed by atoms with Crippen molar-refractivity contribution in [1.29, 1.82) is 0 Å². The highest BCUT2D eigenvalue weighted by Gasteiger charge is 2.25. The number of carbonyl (C=O) groups is 1. The largest absolute Gasteiger partial charge is 0.350 e. The summed E-state index contributed by atoms with van der Waals surface area (Å²) in [4.78, 5) is 27.4. The van der Waals surface area contributed by atoms with Crippen LogP contribution in [0.25, 0.3) is 0 Å². The number of halogens is 1. The molecule has 0 bridgehead atoms. The van der Waals surface area contributed by atoms with E-state index < -0.39 is 0 Å². The number of likely N-dealkylation sites (N-methyl/N-ethyl adjacent to an activating group) is 1. The van der Waals surface area contributed by atoms with Gasteiger partial charge < -0.3 is 15.5 Å². The van der Waals surface area contributed by atoms with Gasteiger partial charge in [-0.1, -0.05) is 0 Å². The molecule has 1 amide bonds. The Balaban J connectivity index is 1.93. The first-order chi connectivity index (χ1) is 13.0. The fraction of sp³-hybridized carbons (Fsp3) is 0.368. The zero-order valence-electron chi connectivity index (χ0n) is 15.7. The molecule has 2 N–H and O–H groups in total. The van der Waals surface area contributed by atoms with Crippen LogP contribution in [-0.4, -0.2) is 48.3 Å². The molecule has 0 spiro atoms. The summed E-state index contributed by atoms with van der Waals surface area (Å²) in [6, 6.07) is 4.74. The Bertz CT molecular complexity index is 882. The third-order valence-corrected chi connectivity index (χ3v) is 4.45. The summed E-state index contributed by atoms with van der Waals surface area (Å²) < 4.78 is 13.5. The van der Waals surface area contributed by atoms with Gasteiger partial charge in [0.1, 0.15) is 23.5 Å². The van der Waals surface area contributed by atoms with Crippen LogP contribution in [0.15, 0.2) is 29.5 Å². The molecular formula is C19H23FN6O. The van der Waals surface area contributed by atoms with Gasteiger partial charge in [0, 0.05) is 25.3 Å². The number of hydrogen-bond donors (Lipinski definition) is 2. The van der Waals surface area contributed by atoms with Crippen molar-refractivity contribution in [2.45, 2.75) is 20.3 Å². The normalized spacial score (nSPS) is 13.6. The Kier molecular flexibility index (Phi) is 5.75. The monoisotopic (exact) mass is 370 g/mol. The number of carbonyl (C=O) groups excluding carboxylic acids is 1. The molecular weight excluding hydrogens is 347 g/mol. The van der Waals surface area contributed by atoms with Gasteiger partial charge in [-0.05, 0) is 51.1 Å². The maximum absolute atomic E-state index is 13.5. The number of aliphatic imine (C=N–C) groups is 1. The summed E-state index contributed by atoms with van der Waals surface area (Å²) in [7, 11) is 1.82. The van der Waals surface area contributed by atoms with E-state index in [1.807, 2.05) is 18.9 Å². The van der Waals surface area contributed by atoms with E-state index >= 15 is 0 Å². The molecule has 0 unspecified atom stereocenters. The summed E-state index contributed by atoms with van der Waals surface area (Å²) in [5, 5.41) is 5.78. The van der Waals surface area contributed by atoms with E-state index in [0.717, 1.165) is 17.7 Å². The van der Waals surface area contributed by atoms with Gasteiger partial charge in [0.15, 0.2) is 5.82 Å². The summed E-state index contributed by atoms with van der Waals surface area (Å²) >= 11 is 0. The fourth-order valence-corrected chi connectivity index (χ4v) is 3.02. The highest BCUT2D eigenvalue weighted by Crippen LogP contribution is 2.39. The SMILES string of the molecule is CNCCNC(=O)C(C)=Nc1c(C)ncnc1N1CCc2cc(F)ccc21. The summed E-state index contributed by atoms with van der Waals surface area (Å²) in [5.74, 6) is 0.139. The molecule has 1 aliphatic rings. The topological polar surface area (TPSA) is 82.5 Å². The molecule has 3 rings (SSSR count). The molecule has 7 nitrogen and oxygen atoms in total. The number of fused-ring (bicyclic) bond motifs is 1. The molecule has 1 aliphatic heterocycles. The van der Waals surface area contributed by atoms with Gasteiger partial charge in [-0.15, -0.1) is 0 Å². The van der Waals surface area contributed by atoms with Crippen molar-refractivity contribution < 1.29 is 9.18 Å². The maximum atomic E-state index is 13.5. The van der Waals surface area contributed by atoms with Crippen LogP contribution in [0.4, 0.5) is 21.6 Å². The van der Waals surface area contributed by atoms with Crippen molar-refractivity contribution in [2.24, 2.45) is 4.99 Å². The minimum atomic E-state index is -0.248. The van der Waals surface area contributed by atoms with E-state index in [-0.39, 0.29) is 11.7 Å². The van der Waals surface area contributed by atoms with Crippen LogP contribution in [0.1, 0.15) is 18.2 Å². The van der Waals surface area contributed by atoms with E-state index in [9.17, 15) is 9.18 Å². The molecule has 27 heavy (non-hydrogen) atoms. The number of hydrogen-bond acceptors (Lipinski definition) is 6. The van der Waals surface area contributed by atoms with Crippen molar-refractivity contribution >= 4 is 28.8 Å². The van der Waals surface area contributed by atoms with E-state index in [1.165, 1.54) is 12.4 Å². The van der Waals surface area contributed by atoms with Gasteiger partial charge >= 0.3 is 0 Å². The molecule has 0 aliphatic carbocycles. The first kappa shape index (κ1) is 18.9. The lowest BCUT2D eigenvalue weighted by molar-refractivity contribution is -0.114. The van der Waals surface area contributed by atoms with Gasteiger partial charge in [0.05, 0.1) is 5.69 Å². The average Bonchev–Trinajstić information content (AvgIpc) is 3.06. The molecule has 0 saturated carbocycles. The predicted molar refractivity (Wildman–Crippen MR) is 104 cm³/mol. The highest BCUT2D eigenvalue weighted by molar-refractivity contribution is 6.38. The van der Waals surface area contributed by atoms with Gasteiger partial charge in [-0.3, -0.25) is 4.79 Å². The first-order valence-electron chi connectivity index (χ1n) is 8.87. The van der Waals surface area contributed by atoms with Crippen LogP contribution in [0.3, 0.4) is 0 Å². The van der Waals surface area contributed by atoms with Gasteiger partial charge in [-0.25, -0.2) is 19.4 Å². The molecule has 0 fully saturated rings. The number of nitrogens with one attached hydrogen (secondary N) is 2. The molecule has 1 aromatic carbocycles. The predicted octanol–water partition coefficient (Wildman–Crippen LogP) is 2.05. The Labute approximate surface area is 157 Å². The second-order valence-corrected chi connectivity index (χ2v) is 6.36. The Morgan fingerprint density at radius 1 is 1.33 bits per heavy atom. The van der Waals surface area contributed by atoms with Crippen LogP contribution >= 0.6 is 0 Å². The number of amides is 1. The minimum Gasteiger partial charge on any atom is -0.350 e. The quantitative estimate of drug-likeness (QED) is 0.601. The van der Waals surface area contributed by atoms with Crippen molar-refractivity contribution in [3.8, 4) is 0 Å². The van der Waals surface area contributed by atoms with E-state index in [4.69, 9.17) is 0 Å². The van der Waals surface area contributed by atoms with Crippen molar-refractivity contribution in [1.82, 2.24) is 20.6 Å². The van der Waals surface area contributed by atoms with Gasteiger partial charge in [0.2, 0.25) is 0 Å². The summed E-state index contributed by atoms with van der Waals surface area (Å²) in [6.07, 6.45) is 2.20. The van der Waals surface area contributed by atoms with E-state index in [0.29, 0.717) is 42.5 Å². The van der Waals surface area contributed by atoms with Crippen LogP contribution in [0.2, 0.25) is 0 Å². The minimum absolute atomic E-state index is 0.233. The maximum Gasteiger partial charge on any atom is 0.265 e. The molecule has 2 heterocycles. The van der Waals surface area contributed by atoms with Crippen LogP contribution in [-0.2, 0) is 11.2 Å². The Morgan fingerprint density at radius 2 is 2.15 bits per heavy atom. The van der Waals surface area contributed by atoms with E-state index in [1.54, 1.807) is 19.1 Å².